The summed E-state index contributed by atoms with van der Waals surface area (Å²) < 4.78 is 5.14. The third-order valence-electron chi connectivity index (χ3n) is 2.07. The Balaban J connectivity index is 1.95. The standard InChI is InChI=1S/C9H11NO2/c11-7-10(8-3-4-8)6-9-2-1-5-12-9/h1-2,5,7-8H,3-4,6H2. The number of carbonyl (C=O) groups excluding carboxylic acids is 1. The van der Waals surface area contributed by atoms with Gasteiger partial charge in [0.1, 0.15) is 5.76 Å². The molecule has 1 aromatic rings. The van der Waals surface area contributed by atoms with Crippen molar-refractivity contribution in [1.82, 2.24) is 4.90 Å². The van der Waals surface area contributed by atoms with Crippen LogP contribution in [-0.2, 0) is 11.3 Å². The number of amides is 1. The molecule has 12 heavy (non-hydrogen) atoms. The van der Waals surface area contributed by atoms with Crippen LogP contribution in [-0.4, -0.2) is 17.4 Å². The molecule has 0 unspecified atom stereocenters. The topological polar surface area (TPSA) is 33.5 Å². The Morgan fingerprint density at radius 1 is 1.67 bits per heavy atom. The molecule has 0 aromatic carbocycles. The van der Waals surface area contributed by atoms with Crippen LogP contribution in [0, 0.1) is 0 Å². The van der Waals surface area contributed by atoms with E-state index in [4.69, 9.17) is 4.42 Å². The third-order valence-corrected chi connectivity index (χ3v) is 2.07. The van der Waals surface area contributed by atoms with Crippen LogP contribution >= 0.6 is 0 Å². The zero-order valence-corrected chi connectivity index (χ0v) is 6.77. The smallest absolute Gasteiger partial charge is 0.210 e. The molecule has 0 spiro atoms. The van der Waals surface area contributed by atoms with Crippen molar-refractivity contribution < 1.29 is 9.21 Å². The van der Waals surface area contributed by atoms with Crippen LogP contribution in [0.2, 0.25) is 0 Å². The highest BCUT2D eigenvalue weighted by Crippen LogP contribution is 2.26. The molecule has 0 atom stereocenters. The van der Waals surface area contributed by atoms with Gasteiger partial charge in [0.15, 0.2) is 0 Å². The van der Waals surface area contributed by atoms with Gasteiger partial charge in [-0.3, -0.25) is 4.79 Å². The van der Waals surface area contributed by atoms with Crippen molar-refractivity contribution in [2.45, 2.75) is 25.4 Å². The maximum atomic E-state index is 10.6. The second kappa shape index (κ2) is 3.01. The Kier molecular flexibility index (Phi) is 1.86. The number of hydrogen-bond donors (Lipinski definition) is 0. The van der Waals surface area contributed by atoms with Crippen LogP contribution in [0.3, 0.4) is 0 Å². The first-order valence-electron chi connectivity index (χ1n) is 4.13. The fourth-order valence-corrected chi connectivity index (χ4v) is 1.24. The molecule has 3 heteroatoms. The van der Waals surface area contributed by atoms with Crippen LogP contribution in [0.4, 0.5) is 0 Å². The van der Waals surface area contributed by atoms with Crippen molar-refractivity contribution in [1.29, 1.82) is 0 Å². The molecule has 1 fully saturated rings. The normalized spacial score (nSPS) is 16.0. The van der Waals surface area contributed by atoms with Gasteiger partial charge < -0.3 is 9.32 Å². The summed E-state index contributed by atoms with van der Waals surface area (Å²) in [6.45, 7) is 0.612. The summed E-state index contributed by atoms with van der Waals surface area (Å²) in [6, 6.07) is 4.19. The summed E-state index contributed by atoms with van der Waals surface area (Å²) in [5, 5.41) is 0. The number of carbonyl (C=O) groups is 1. The molecule has 0 N–H and O–H groups in total. The highest BCUT2D eigenvalue weighted by atomic mass is 16.3. The van der Waals surface area contributed by atoms with E-state index < -0.39 is 0 Å². The van der Waals surface area contributed by atoms with E-state index in [9.17, 15) is 4.79 Å². The van der Waals surface area contributed by atoms with E-state index >= 15 is 0 Å². The van der Waals surface area contributed by atoms with Gasteiger partial charge in [0.05, 0.1) is 12.8 Å². The number of hydrogen-bond acceptors (Lipinski definition) is 2. The average Bonchev–Trinajstić information content (AvgIpc) is 2.80. The molecule has 1 amide bonds. The van der Waals surface area contributed by atoms with E-state index in [0.29, 0.717) is 12.6 Å². The lowest BCUT2D eigenvalue weighted by Gasteiger charge is -2.13. The molecule has 1 aromatic heterocycles. The van der Waals surface area contributed by atoms with E-state index in [2.05, 4.69) is 0 Å². The van der Waals surface area contributed by atoms with Gasteiger partial charge in [-0.15, -0.1) is 0 Å². The monoisotopic (exact) mass is 165 g/mol. The van der Waals surface area contributed by atoms with E-state index in [1.54, 1.807) is 11.2 Å². The van der Waals surface area contributed by atoms with Crippen LogP contribution in [0.1, 0.15) is 18.6 Å². The molecule has 1 heterocycles. The second-order valence-electron chi connectivity index (χ2n) is 3.09. The van der Waals surface area contributed by atoms with E-state index in [1.807, 2.05) is 12.1 Å². The SMILES string of the molecule is O=CN(Cc1ccco1)C1CC1. The lowest BCUT2D eigenvalue weighted by molar-refractivity contribution is -0.119. The molecular weight excluding hydrogens is 154 g/mol. The van der Waals surface area contributed by atoms with Crippen LogP contribution in [0.25, 0.3) is 0 Å². The predicted octanol–water partition coefficient (Wildman–Crippen LogP) is 1.40. The third kappa shape index (κ3) is 1.49. The molecule has 64 valence electrons. The largest absolute Gasteiger partial charge is 0.467 e. The molecule has 0 bridgehead atoms. The Hall–Kier alpha value is -1.25. The summed E-state index contributed by atoms with van der Waals surface area (Å²) in [5.41, 5.74) is 0. The number of nitrogens with zero attached hydrogens (tertiary/aromatic N) is 1. The Morgan fingerprint density at radius 2 is 2.50 bits per heavy atom. The summed E-state index contributed by atoms with van der Waals surface area (Å²) in [6.07, 6.45) is 4.81. The highest BCUT2D eigenvalue weighted by molar-refractivity contribution is 5.48. The molecular formula is C9H11NO2. The minimum Gasteiger partial charge on any atom is -0.467 e. The van der Waals surface area contributed by atoms with Gasteiger partial charge in [0, 0.05) is 6.04 Å². The molecule has 3 nitrogen and oxygen atoms in total. The summed E-state index contributed by atoms with van der Waals surface area (Å²) in [7, 11) is 0. The van der Waals surface area contributed by atoms with Crippen molar-refractivity contribution in [3.63, 3.8) is 0 Å². The van der Waals surface area contributed by atoms with E-state index in [-0.39, 0.29) is 0 Å². The first-order chi connectivity index (χ1) is 5.90. The maximum Gasteiger partial charge on any atom is 0.210 e. The Labute approximate surface area is 71.0 Å². The molecule has 0 radical (unpaired) electrons. The van der Waals surface area contributed by atoms with Crippen LogP contribution in [0.5, 0.6) is 0 Å². The van der Waals surface area contributed by atoms with Crippen molar-refractivity contribution in [3.8, 4) is 0 Å². The molecule has 0 aliphatic heterocycles. The lowest BCUT2D eigenvalue weighted by Crippen LogP contribution is -2.23. The molecule has 1 saturated carbocycles. The maximum absolute atomic E-state index is 10.6. The van der Waals surface area contributed by atoms with Crippen LogP contribution < -0.4 is 0 Å². The predicted molar refractivity (Wildman–Crippen MR) is 43.3 cm³/mol. The van der Waals surface area contributed by atoms with Gasteiger partial charge in [-0.25, -0.2) is 0 Å². The van der Waals surface area contributed by atoms with Crippen molar-refractivity contribution in [2.24, 2.45) is 0 Å². The molecule has 0 saturated heterocycles. The molecule has 2 rings (SSSR count). The summed E-state index contributed by atoms with van der Waals surface area (Å²) >= 11 is 0. The van der Waals surface area contributed by atoms with Crippen LogP contribution in [0.15, 0.2) is 22.8 Å². The Morgan fingerprint density at radius 3 is 3.00 bits per heavy atom. The second-order valence-corrected chi connectivity index (χ2v) is 3.09. The highest BCUT2D eigenvalue weighted by Gasteiger charge is 2.28. The minimum atomic E-state index is 0.465. The lowest BCUT2D eigenvalue weighted by atomic mass is 10.4. The minimum absolute atomic E-state index is 0.465. The number of furan rings is 1. The Bertz CT molecular complexity index is 252. The van der Waals surface area contributed by atoms with Crippen molar-refractivity contribution >= 4 is 6.41 Å². The first kappa shape index (κ1) is 7.40. The van der Waals surface area contributed by atoms with Gasteiger partial charge in [-0.05, 0) is 25.0 Å². The first-order valence-corrected chi connectivity index (χ1v) is 4.13. The zero-order valence-electron chi connectivity index (χ0n) is 6.77. The molecule has 1 aliphatic carbocycles. The van der Waals surface area contributed by atoms with Crippen molar-refractivity contribution in [2.75, 3.05) is 0 Å². The van der Waals surface area contributed by atoms with Gasteiger partial charge >= 0.3 is 0 Å². The fraction of sp³-hybridized carbons (Fsp3) is 0.444. The van der Waals surface area contributed by atoms with Gasteiger partial charge in [0.2, 0.25) is 6.41 Å². The summed E-state index contributed by atoms with van der Waals surface area (Å²) in [5.74, 6) is 0.856. The summed E-state index contributed by atoms with van der Waals surface area (Å²) in [4.78, 5) is 12.4. The quantitative estimate of drug-likeness (QED) is 0.632. The average molecular weight is 165 g/mol. The molecule has 1 aliphatic rings. The zero-order chi connectivity index (χ0) is 8.39. The number of rotatable bonds is 4. The van der Waals surface area contributed by atoms with Gasteiger partial charge in [-0.2, -0.15) is 0 Å². The van der Waals surface area contributed by atoms with Crippen molar-refractivity contribution in [3.05, 3.63) is 24.2 Å². The van der Waals surface area contributed by atoms with Gasteiger partial charge in [-0.1, -0.05) is 0 Å². The van der Waals surface area contributed by atoms with E-state index in [0.717, 1.165) is 25.0 Å². The van der Waals surface area contributed by atoms with Gasteiger partial charge in [0.25, 0.3) is 0 Å². The van der Waals surface area contributed by atoms with E-state index in [1.165, 1.54) is 0 Å². The fourth-order valence-electron chi connectivity index (χ4n) is 1.24.